The van der Waals surface area contributed by atoms with Crippen molar-refractivity contribution in [2.45, 2.75) is 6.42 Å². The summed E-state index contributed by atoms with van der Waals surface area (Å²) in [5.74, 6) is 0. The third-order valence-corrected chi connectivity index (χ3v) is 2.52. The van der Waals surface area contributed by atoms with Gasteiger partial charge in [0.15, 0.2) is 0 Å². The predicted molar refractivity (Wildman–Crippen MR) is 51.0 cm³/mol. The Morgan fingerprint density at radius 2 is 1.75 bits per heavy atom. The van der Waals surface area contributed by atoms with E-state index in [0.29, 0.717) is 12.6 Å². The first-order valence-corrected chi connectivity index (χ1v) is 5.81. The van der Waals surface area contributed by atoms with Crippen LogP contribution in [0.15, 0.2) is 30.3 Å². The van der Waals surface area contributed by atoms with Crippen LogP contribution in [0.3, 0.4) is 0 Å². The maximum atomic E-state index is 10.9. The molecule has 3 nitrogen and oxygen atoms in total. The van der Waals surface area contributed by atoms with Crippen molar-refractivity contribution in [2.75, 3.05) is 6.16 Å². The number of nitrogens with two attached hydrogens (primary N) is 2. The first-order chi connectivity index (χ1) is 5.58. The largest absolute Gasteiger partial charge is 0.290 e. The van der Waals surface area contributed by atoms with Gasteiger partial charge < -0.3 is 0 Å². The molecule has 1 rings (SSSR count). The van der Waals surface area contributed by atoms with Gasteiger partial charge in [0.25, 0.3) is 0 Å². The maximum Gasteiger partial charge on any atom is 0.206 e. The minimum atomic E-state index is -2.83. The van der Waals surface area contributed by atoms with Crippen LogP contribution < -0.4 is 11.0 Å². The molecule has 0 saturated carbocycles. The summed E-state index contributed by atoms with van der Waals surface area (Å²) in [6.07, 6.45) is 1.06. The first-order valence-electron chi connectivity index (χ1n) is 3.78. The lowest BCUT2D eigenvalue weighted by atomic mass is 10.2. The van der Waals surface area contributed by atoms with E-state index in [-0.39, 0.29) is 0 Å². The molecule has 0 amide bonds. The fraction of sp³-hybridized carbons (Fsp3) is 0.250. The van der Waals surface area contributed by atoms with Gasteiger partial charge in [0.1, 0.15) is 0 Å². The van der Waals surface area contributed by atoms with E-state index in [4.69, 9.17) is 11.0 Å². The quantitative estimate of drug-likeness (QED) is 0.696. The van der Waals surface area contributed by atoms with Gasteiger partial charge in [-0.3, -0.25) is 15.6 Å². The summed E-state index contributed by atoms with van der Waals surface area (Å²) in [4.78, 5) is 0. The van der Waals surface area contributed by atoms with E-state index in [0.717, 1.165) is 5.56 Å². The van der Waals surface area contributed by atoms with Crippen molar-refractivity contribution in [3.05, 3.63) is 35.9 Å². The number of benzene rings is 1. The predicted octanol–water partition coefficient (Wildman–Crippen LogP) is 1.34. The van der Waals surface area contributed by atoms with Crippen LogP contribution in [0.2, 0.25) is 0 Å². The lowest BCUT2D eigenvalue weighted by molar-refractivity contribution is 0.576. The summed E-state index contributed by atoms with van der Waals surface area (Å²) in [6, 6.07) is 9.75. The number of rotatable bonds is 3. The second kappa shape index (κ2) is 3.85. The molecule has 0 spiro atoms. The Labute approximate surface area is 72.2 Å². The summed E-state index contributed by atoms with van der Waals surface area (Å²) in [6.45, 7) is 0. The molecule has 0 radical (unpaired) electrons. The highest BCUT2D eigenvalue weighted by molar-refractivity contribution is 7.58. The molecule has 0 aliphatic carbocycles. The molecule has 12 heavy (non-hydrogen) atoms. The second-order valence-corrected chi connectivity index (χ2v) is 4.97. The molecule has 1 aromatic carbocycles. The minimum Gasteiger partial charge on any atom is -0.290 e. The molecule has 0 atom stereocenters. The Kier molecular flexibility index (Phi) is 3.04. The van der Waals surface area contributed by atoms with Crippen LogP contribution in [0.25, 0.3) is 0 Å². The minimum absolute atomic E-state index is 0.372. The molecule has 66 valence electrons. The van der Waals surface area contributed by atoms with Crippen LogP contribution in [0, 0.1) is 0 Å². The van der Waals surface area contributed by atoms with Gasteiger partial charge in [-0.15, -0.1) is 0 Å². The normalized spacial score (nSPS) is 11.5. The monoisotopic (exact) mass is 184 g/mol. The van der Waals surface area contributed by atoms with Crippen molar-refractivity contribution in [1.29, 1.82) is 0 Å². The Hall–Kier alpha value is -0.630. The van der Waals surface area contributed by atoms with E-state index >= 15 is 0 Å². The highest BCUT2D eigenvalue weighted by Crippen LogP contribution is 2.25. The number of aryl methyl sites for hydroxylation is 1. The van der Waals surface area contributed by atoms with Crippen LogP contribution in [-0.4, -0.2) is 6.16 Å². The van der Waals surface area contributed by atoms with Crippen LogP contribution in [-0.2, 0) is 11.0 Å². The van der Waals surface area contributed by atoms with Crippen LogP contribution in [0.5, 0.6) is 0 Å². The molecular weight excluding hydrogens is 171 g/mol. The molecule has 1 aromatic rings. The third-order valence-electron chi connectivity index (χ3n) is 1.59. The third kappa shape index (κ3) is 3.67. The van der Waals surface area contributed by atoms with E-state index in [9.17, 15) is 4.57 Å². The number of hydrogen-bond donors (Lipinski definition) is 2. The van der Waals surface area contributed by atoms with Gasteiger partial charge in [-0.1, -0.05) is 30.3 Å². The molecule has 0 aliphatic heterocycles. The fourth-order valence-electron chi connectivity index (χ4n) is 0.949. The van der Waals surface area contributed by atoms with Gasteiger partial charge in [0, 0.05) is 6.16 Å². The summed E-state index contributed by atoms with van der Waals surface area (Å²) in [5, 5.41) is 0. The van der Waals surface area contributed by atoms with Crippen molar-refractivity contribution < 1.29 is 4.57 Å². The summed E-state index contributed by atoms with van der Waals surface area (Å²) < 4.78 is 10.9. The Morgan fingerprint density at radius 1 is 1.17 bits per heavy atom. The Bertz CT molecular complexity index is 280. The lowest BCUT2D eigenvalue weighted by Crippen LogP contribution is -2.10. The Balaban J connectivity index is 2.50. The molecule has 4 heteroatoms. The van der Waals surface area contributed by atoms with Crippen molar-refractivity contribution >= 4 is 7.44 Å². The average molecular weight is 184 g/mol. The number of hydrogen-bond acceptors (Lipinski definition) is 1. The Morgan fingerprint density at radius 3 is 2.25 bits per heavy atom. The zero-order valence-corrected chi connectivity index (χ0v) is 7.71. The zero-order valence-electron chi connectivity index (χ0n) is 6.81. The molecule has 0 aliphatic rings. The average Bonchev–Trinajstić information content (AvgIpc) is 2.02. The summed E-state index contributed by atoms with van der Waals surface area (Å²) in [7, 11) is -2.83. The molecular formula is C8H13N2OP. The van der Waals surface area contributed by atoms with Crippen LogP contribution >= 0.6 is 7.44 Å². The van der Waals surface area contributed by atoms with Gasteiger partial charge in [0.05, 0.1) is 0 Å². The highest BCUT2D eigenvalue weighted by Gasteiger charge is 2.07. The van der Waals surface area contributed by atoms with Gasteiger partial charge in [0.2, 0.25) is 7.44 Å². The second-order valence-electron chi connectivity index (χ2n) is 2.81. The van der Waals surface area contributed by atoms with Crippen molar-refractivity contribution in [3.63, 3.8) is 0 Å². The van der Waals surface area contributed by atoms with E-state index < -0.39 is 7.44 Å². The van der Waals surface area contributed by atoms with E-state index in [2.05, 4.69) is 0 Å². The summed E-state index contributed by atoms with van der Waals surface area (Å²) >= 11 is 0. The molecule has 0 unspecified atom stereocenters. The highest BCUT2D eigenvalue weighted by atomic mass is 31.2. The van der Waals surface area contributed by atoms with E-state index in [1.807, 2.05) is 30.3 Å². The van der Waals surface area contributed by atoms with Crippen molar-refractivity contribution in [3.8, 4) is 0 Å². The van der Waals surface area contributed by atoms with Crippen LogP contribution in [0.4, 0.5) is 0 Å². The van der Waals surface area contributed by atoms with Gasteiger partial charge in [-0.2, -0.15) is 0 Å². The van der Waals surface area contributed by atoms with Gasteiger partial charge >= 0.3 is 0 Å². The van der Waals surface area contributed by atoms with E-state index in [1.165, 1.54) is 0 Å². The van der Waals surface area contributed by atoms with Crippen molar-refractivity contribution in [1.82, 2.24) is 0 Å². The molecule has 0 aromatic heterocycles. The summed E-state index contributed by atoms with van der Waals surface area (Å²) in [5.41, 5.74) is 11.6. The SMILES string of the molecule is NP(N)(=O)CCc1ccccc1. The maximum absolute atomic E-state index is 10.9. The molecule has 0 fully saturated rings. The molecule has 0 bridgehead atoms. The molecule has 0 heterocycles. The lowest BCUT2D eigenvalue weighted by Gasteiger charge is -2.05. The van der Waals surface area contributed by atoms with Gasteiger partial charge in [-0.05, 0) is 12.0 Å². The van der Waals surface area contributed by atoms with Crippen molar-refractivity contribution in [2.24, 2.45) is 11.0 Å². The zero-order chi connectivity index (χ0) is 9.03. The van der Waals surface area contributed by atoms with Gasteiger partial charge in [-0.25, -0.2) is 0 Å². The molecule has 4 N–H and O–H groups in total. The first kappa shape index (κ1) is 9.46. The molecule has 0 saturated heterocycles. The standard InChI is InChI=1S/C8H13N2OP/c9-12(10,11)7-6-8-4-2-1-3-5-8/h1-5H,6-7H2,(H4,9,10,11). The van der Waals surface area contributed by atoms with E-state index in [1.54, 1.807) is 0 Å². The smallest absolute Gasteiger partial charge is 0.206 e. The topological polar surface area (TPSA) is 69.1 Å². The van der Waals surface area contributed by atoms with Crippen LogP contribution in [0.1, 0.15) is 5.56 Å². The fourth-order valence-corrected chi connectivity index (χ4v) is 1.56.